The van der Waals surface area contributed by atoms with E-state index in [1.165, 1.54) is 25.2 Å². The third-order valence-corrected chi connectivity index (χ3v) is 6.86. The summed E-state index contributed by atoms with van der Waals surface area (Å²) in [4.78, 5) is 37.7. The first kappa shape index (κ1) is 30.9. The Labute approximate surface area is 238 Å². The van der Waals surface area contributed by atoms with E-state index < -0.39 is 59.8 Å². The number of imidazole rings is 1. The number of amides is 2. The number of hydrogen-bond acceptors (Lipinski definition) is 7. The number of carbonyl (C=O) groups excluding carboxylic acids is 2. The number of carbonyl (C=O) groups is 3. The fraction of sp³-hybridized carbons (Fsp3) is 0.375. The van der Waals surface area contributed by atoms with Crippen molar-refractivity contribution in [3.63, 3.8) is 0 Å². The Morgan fingerprint density at radius 1 is 1.24 bits per heavy atom. The number of aliphatic hydroxyl groups excluding tert-OH is 1. The Morgan fingerprint density at radius 2 is 1.90 bits per heavy atom. The minimum Gasteiger partial charge on any atom is -0.483 e. The van der Waals surface area contributed by atoms with E-state index in [0.717, 1.165) is 17.0 Å². The van der Waals surface area contributed by atoms with Gasteiger partial charge in [0.1, 0.15) is 6.04 Å². The van der Waals surface area contributed by atoms with Gasteiger partial charge < -0.3 is 30.7 Å². The molecule has 226 valence electrons. The zero-order chi connectivity index (χ0) is 31.0. The number of halogens is 6. The van der Waals surface area contributed by atoms with E-state index in [9.17, 15) is 36.6 Å². The second kappa shape index (κ2) is 11.7. The number of carboxylic acid groups (broad SMARTS) is 1. The van der Waals surface area contributed by atoms with Gasteiger partial charge >= 0.3 is 6.18 Å². The van der Waals surface area contributed by atoms with Crippen LogP contribution in [0.5, 0.6) is 0 Å². The van der Waals surface area contributed by atoms with Crippen molar-refractivity contribution in [2.75, 3.05) is 18.4 Å². The van der Waals surface area contributed by atoms with Crippen LogP contribution in [0.15, 0.2) is 30.6 Å². The minimum atomic E-state index is -4.94. The molecular formula is C24H23ClF5N7O5. The summed E-state index contributed by atoms with van der Waals surface area (Å²) in [5.74, 6) is -4.74. The number of aliphatic hydroxyl groups is 1. The highest BCUT2D eigenvalue weighted by Crippen LogP contribution is 2.53. The van der Waals surface area contributed by atoms with Crippen LogP contribution in [0.1, 0.15) is 39.1 Å². The molecule has 0 spiro atoms. The normalized spacial score (nSPS) is 20.8. The summed E-state index contributed by atoms with van der Waals surface area (Å²) in [5.41, 5.74) is -1.75. The average molecular weight is 620 g/mol. The monoisotopic (exact) mass is 619 g/mol. The molecule has 3 aromatic rings. The van der Waals surface area contributed by atoms with Gasteiger partial charge in [-0.3, -0.25) is 19.1 Å². The number of benzene rings is 1. The average Bonchev–Trinajstić information content (AvgIpc) is 3.28. The first-order valence-electron chi connectivity index (χ1n) is 12.1. The number of nitrogens with zero attached hydrogens (tertiary/aromatic N) is 4. The molecule has 0 radical (unpaired) electrons. The molecule has 1 saturated carbocycles. The first-order valence-corrected chi connectivity index (χ1v) is 12.5. The van der Waals surface area contributed by atoms with Gasteiger partial charge in [-0.15, -0.1) is 0 Å². The van der Waals surface area contributed by atoms with E-state index in [0.29, 0.717) is 17.8 Å². The van der Waals surface area contributed by atoms with Gasteiger partial charge in [-0.05, 0) is 18.2 Å². The number of alkyl halides is 5. The summed E-state index contributed by atoms with van der Waals surface area (Å²) in [6.07, 6.45) is -4.41. The maximum absolute atomic E-state index is 13.6. The lowest BCUT2D eigenvalue weighted by Gasteiger charge is -2.16. The van der Waals surface area contributed by atoms with Crippen LogP contribution in [0.4, 0.5) is 27.6 Å². The minimum absolute atomic E-state index is 0.00499. The zero-order valence-corrected chi connectivity index (χ0v) is 22.2. The van der Waals surface area contributed by atoms with Crippen molar-refractivity contribution in [2.24, 2.45) is 7.05 Å². The summed E-state index contributed by atoms with van der Waals surface area (Å²) < 4.78 is 69.5. The van der Waals surface area contributed by atoms with Gasteiger partial charge in [0.2, 0.25) is 0 Å². The molecule has 12 nitrogen and oxygen atoms in total. The summed E-state index contributed by atoms with van der Waals surface area (Å²) in [6.45, 7) is 0.484. The molecule has 2 aromatic heterocycles. The molecular weight excluding hydrogens is 597 g/mol. The van der Waals surface area contributed by atoms with Crippen LogP contribution in [-0.4, -0.2) is 79.0 Å². The van der Waals surface area contributed by atoms with Crippen LogP contribution < -0.4 is 16.0 Å². The number of rotatable bonds is 6. The number of aromatic nitrogens is 4. The van der Waals surface area contributed by atoms with E-state index in [2.05, 4.69) is 26.0 Å². The van der Waals surface area contributed by atoms with Crippen LogP contribution >= 0.6 is 11.6 Å². The second-order valence-electron chi connectivity index (χ2n) is 9.44. The van der Waals surface area contributed by atoms with E-state index in [4.69, 9.17) is 21.5 Å². The van der Waals surface area contributed by atoms with Gasteiger partial charge in [0.25, 0.3) is 24.2 Å². The molecule has 1 aromatic carbocycles. The Morgan fingerprint density at radius 3 is 2.45 bits per heavy atom. The molecule has 3 atom stereocenters. The molecule has 5 rings (SSSR count). The predicted molar refractivity (Wildman–Crippen MR) is 136 cm³/mol. The predicted octanol–water partition coefficient (Wildman–Crippen LogP) is 2.55. The van der Waals surface area contributed by atoms with Crippen molar-refractivity contribution in [2.45, 2.75) is 36.7 Å². The summed E-state index contributed by atoms with van der Waals surface area (Å²) in [7, 11) is 1.30. The van der Waals surface area contributed by atoms with Gasteiger partial charge in [0.15, 0.2) is 11.5 Å². The summed E-state index contributed by atoms with van der Waals surface area (Å²) in [5, 5.41) is 28.2. The number of β-amino-alcohol motifs (C(OH)–C–C–N with tert-alkyl or cyclic N) is 1. The van der Waals surface area contributed by atoms with E-state index >= 15 is 0 Å². The maximum Gasteiger partial charge on any atom is 0.435 e. The van der Waals surface area contributed by atoms with Gasteiger partial charge in [0, 0.05) is 38.4 Å². The molecule has 1 saturated heterocycles. The van der Waals surface area contributed by atoms with Crippen molar-refractivity contribution >= 4 is 35.6 Å². The lowest BCUT2D eigenvalue weighted by atomic mass is 10.1. The van der Waals surface area contributed by atoms with Crippen LogP contribution in [0.2, 0.25) is 5.02 Å². The number of hydrogen-bond donors (Lipinski definition) is 5. The largest absolute Gasteiger partial charge is 0.483 e. The molecule has 3 unspecified atom stereocenters. The first-order chi connectivity index (χ1) is 19.7. The zero-order valence-electron chi connectivity index (χ0n) is 21.5. The fourth-order valence-corrected chi connectivity index (χ4v) is 4.59. The molecule has 5 N–H and O–H groups in total. The van der Waals surface area contributed by atoms with Gasteiger partial charge in [0.05, 0.1) is 40.2 Å². The molecule has 0 bridgehead atoms. The highest BCUT2D eigenvalue weighted by Gasteiger charge is 2.59. The molecule has 1 aliphatic carbocycles. The van der Waals surface area contributed by atoms with Crippen molar-refractivity contribution in [1.29, 1.82) is 0 Å². The van der Waals surface area contributed by atoms with Crippen molar-refractivity contribution < 1.29 is 46.5 Å². The van der Waals surface area contributed by atoms with E-state index in [1.807, 2.05) is 0 Å². The van der Waals surface area contributed by atoms with E-state index in [1.54, 1.807) is 0 Å². The quantitative estimate of drug-likeness (QED) is 0.208. The lowest BCUT2D eigenvalue weighted by Crippen LogP contribution is -2.42. The molecule has 2 amide bonds. The molecule has 2 fully saturated rings. The molecule has 18 heteroatoms. The van der Waals surface area contributed by atoms with E-state index in [-0.39, 0.29) is 34.3 Å². The number of nitrogens with one attached hydrogen (secondary N) is 3. The Kier molecular flexibility index (Phi) is 8.56. The summed E-state index contributed by atoms with van der Waals surface area (Å²) in [6, 6.07) is 2.11. The van der Waals surface area contributed by atoms with Gasteiger partial charge in [-0.25, -0.2) is 13.8 Å². The SMILES string of the molecule is Cn1c(-c2cn(C3CC3(F)F)nc2C(F)(F)F)cnc1C(=O)Nc1ccc(C(=O)NC2CNCC2O)c(Cl)c1.O=CO. The van der Waals surface area contributed by atoms with Crippen molar-refractivity contribution in [1.82, 2.24) is 30.0 Å². The fourth-order valence-electron chi connectivity index (χ4n) is 4.33. The third-order valence-electron chi connectivity index (χ3n) is 6.55. The molecule has 42 heavy (non-hydrogen) atoms. The van der Waals surface area contributed by atoms with Crippen LogP contribution in [0.25, 0.3) is 11.3 Å². The van der Waals surface area contributed by atoms with Gasteiger partial charge in [-0.2, -0.15) is 18.3 Å². The molecule has 3 heterocycles. The topological polar surface area (TPSA) is 163 Å². The highest BCUT2D eigenvalue weighted by molar-refractivity contribution is 6.34. The molecule has 2 aliphatic rings. The second-order valence-corrected chi connectivity index (χ2v) is 9.84. The van der Waals surface area contributed by atoms with Gasteiger partial charge in [-0.1, -0.05) is 11.6 Å². The molecule has 1 aliphatic heterocycles. The highest BCUT2D eigenvalue weighted by atomic mass is 35.5. The Bertz CT molecular complexity index is 1510. The third kappa shape index (κ3) is 6.37. The maximum atomic E-state index is 13.6. The summed E-state index contributed by atoms with van der Waals surface area (Å²) >= 11 is 6.22. The van der Waals surface area contributed by atoms with Crippen LogP contribution in [0, 0.1) is 0 Å². The smallest absolute Gasteiger partial charge is 0.435 e. The Hall–Kier alpha value is -4.09. The number of anilines is 1. The standard InChI is InChI=1S/C23H21ClF5N7O3.CH2O2/c1-35-15(12-9-36(17-5-22(17,25)26)34-18(12)23(27,28)29)7-31-19(35)21(39)32-10-2-3-11(13(24)4-10)20(38)33-14-6-30-8-16(14)37;2-1-3/h2-4,7,9,14,16-17,30,37H,5-6,8H2,1H3,(H,32,39)(H,33,38);1H,(H,2,3). The van der Waals surface area contributed by atoms with Crippen molar-refractivity contribution in [3.05, 3.63) is 52.7 Å². The van der Waals surface area contributed by atoms with Crippen LogP contribution in [0.3, 0.4) is 0 Å². The van der Waals surface area contributed by atoms with Crippen LogP contribution in [-0.2, 0) is 18.0 Å². The van der Waals surface area contributed by atoms with Crippen molar-refractivity contribution in [3.8, 4) is 11.3 Å². The lowest BCUT2D eigenvalue weighted by molar-refractivity contribution is -0.141. The Balaban J connectivity index is 0.00000129.